The van der Waals surface area contributed by atoms with E-state index >= 15 is 0 Å². The van der Waals surface area contributed by atoms with E-state index in [0.29, 0.717) is 0 Å². The second-order valence-electron chi connectivity index (χ2n) is 5.08. The second kappa shape index (κ2) is 3.25. The Hall–Kier alpha value is -0.0800. The summed E-state index contributed by atoms with van der Waals surface area (Å²) in [5.74, 6) is 1.06. The van der Waals surface area contributed by atoms with Gasteiger partial charge in [0.05, 0.1) is 0 Å². The van der Waals surface area contributed by atoms with Gasteiger partial charge in [-0.3, -0.25) is 4.90 Å². The molecule has 0 spiro atoms. The summed E-state index contributed by atoms with van der Waals surface area (Å²) in [6.45, 7) is 4.00. The van der Waals surface area contributed by atoms with Crippen molar-refractivity contribution < 1.29 is 0 Å². The highest BCUT2D eigenvalue weighted by Gasteiger charge is 2.38. The van der Waals surface area contributed by atoms with Crippen LogP contribution in [0.4, 0.5) is 0 Å². The maximum atomic E-state index is 3.60. The summed E-state index contributed by atoms with van der Waals surface area (Å²) in [4.78, 5) is 2.75. The monoisotopic (exact) mass is 180 g/mol. The zero-order chi connectivity index (χ0) is 8.67. The SMILES string of the molecule is C1CN[C@@H](CN2CC3CCC2C3)C1. The minimum absolute atomic E-state index is 0.819. The van der Waals surface area contributed by atoms with Gasteiger partial charge in [0.2, 0.25) is 0 Å². The van der Waals surface area contributed by atoms with Crippen LogP contribution in [0.5, 0.6) is 0 Å². The standard InChI is InChI=1S/C11H20N2/c1-2-10(12-5-1)8-13-7-9-3-4-11(13)6-9/h9-12H,1-8H2/t9?,10-,11?/m1/s1. The number of hydrogen-bond acceptors (Lipinski definition) is 2. The van der Waals surface area contributed by atoms with Gasteiger partial charge in [0.25, 0.3) is 0 Å². The van der Waals surface area contributed by atoms with Gasteiger partial charge in [0.15, 0.2) is 0 Å². The van der Waals surface area contributed by atoms with Gasteiger partial charge < -0.3 is 5.32 Å². The zero-order valence-corrected chi connectivity index (χ0v) is 8.34. The van der Waals surface area contributed by atoms with Crippen molar-refractivity contribution in [1.82, 2.24) is 10.2 Å². The molecule has 2 heteroatoms. The Bertz CT molecular complexity index is 187. The molecule has 0 aromatic carbocycles. The van der Waals surface area contributed by atoms with Crippen LogP contribution >= 0.6 is 0 Å². The molecule has 2 saturated heterocycles. The van der Waals surface area contributed by atoms with E-state index in [-0.39, 0.29) is 0 Å². The molecule has 2 nitrogen and oxygen atoms in total. The third-order valence-electron chi connectivity index (χ3n) is 4.14. The van der Waals surface area contributed by atoms with Crippen molar-refractivity contribution in [2.45, 2.75) is 44.2 Å². The van der Waals surface area contributed by atoms with Gasteiger partial charge in [-0.1, -0.05) is 0 Å². The van der Waals surface area contributed by atoms with Crippen LogP contribution in [0.2, 0.25) is 0 Å². The summed E-state index contributed by atoms with van der Waals surface area (Å²) < 4.78 is 0. The zero-order valence-electron chi connectivity index (χ0n) is 8.34. The number of piperidine rings is 1. The predicted molar refractivity (Wildman–Crippen MR) is 53.7 cm³/mol. The van der Waals surface area contributed by atoms with Crippen LogP contribution < -0.4 is 5.32 Å². The van der Waals surface area contributed by atoms with Crippen molar-refractivity contribution in [3.05, 3.63) is 0 Å². The summed E-state index contributed by atoms with van der Waals surface area (Å²) in [6.07, 6.45) is 7.31. The average Bonchev–Trinajstić information content (AvgIpc) is 2.77. The van der Waals surface area contributed by atoms with E-state index in [1.807, 2.05) is 0 Å². The number of likely N-dealkylation sites (tertiary alicyclic amines) is 1. The highest BCUT2D eigenvalue weighted by Crippen LogP contribution is 2.37. The molecule has 2 heterocycles. The van der Waals surface area contributed by atoms with Crippen LogP contribution in [0.25, 0.3) is 0 Å². The number of rotatable bonds is 2. The van der Waals surface area contributed by atoms with Crippen LogP contribution in [0.1, 0.15) is 32.1 Å². The summed E-state index contributed by atoms with van der Waals surface area (Å²) in [6, 6.07) is 1.78. The van der Waals surface area contributed by atoms with E-state index in [1.165, 1.54) is 51.7 Å². The first-order chi connectivity index (χ1) is 6.42. The Labute approximate surface area is 80.7 Å². The van der Waals surface area contributed by atoms with E-state index in [0.717, 1.165) is 18.0 Å². The number of nitrogens with zero attached hydrogens (tertiary/aromatic N) is 1. The fourth-order valence-corrected chi connectivity index (χ4v) is 3.45. The van der Waals surface area contributed by atoms with Crippen LogP contribution in [-0.4, -0.2) is 36.6 Å². The van der Waals surface area contributed by atoms with Crippen molar-refractivity contribution in [3.63, 3.8) is 0 Å². The fraction of sp³-hybridized carbons (Fsp3) is 1.00. The van der Waals surface area contributed by atoms with E-state index in [1.54, 1.807) is 0 Å². The first-order valence-electron chi connectivity index (χ1n) is 5.89. The molecule has 3 aliphatic rings. The Kier molecular flexibility index (Phi) is 2.06. The van der Waals surface area contributed by atoms with Crippen molar-refractivity contribution in [2.24, 2.45) is 5.92 Å². The van der Waals surface area contributed by atoms with Crippen molar-refractivity contribution in [3.8, 4) is 0 Å². The number of hydrogen-bond donors (Lipinski definition) is 1. The lowest BCUT2D eigenvalue weighted by Gasteiger charge is -2.29. The van der Waals surface area contributed by atoms with E-state index in [2.05, 4.69) is 10.2 Å². The third kappa shape index (κ3) is 1.50. The Morgan fingerprint density at radius 1 is 1.23 bits per heavy atom. The maximum Gasteiger partial charge on any atom is 0.0195 e. The molecule has 2 unspecified atom stereocenters. The highest BCUT2D eigenvalue weighted by molar-refractivity contribution is 4.94. The smallest absolute Gasteiger partial charge is 0.0195 e. The van der Waals surface area contributed by atoms with E-state index in [4.69, 9.17) is 0 Å². The molecule has 2 bridgehead atoms. The Balaban J connectivity index is 1.55. The van der Waals surface area contributed by atoms with E-state index < -0.39 is 0 Å². The Morgan fingerprint density at radius 2 is 2.23 bits per heavy atom. The second-order valence-corrected chi connectivity index (χ2v) is 5.08. The first kappa shape index (κ1) is 8.25. The Morgan fingerprint density at radius 3 is 2.85 bits per heavy atom. The molecular formula is C11H20N2. The maximum absolute atomic E-state index is 3.60. The highest BCUT2D eigenvalue weighted by atomic mass is 15.2. The lowest BCUT2D eigenvalue weighted by molar-refractivity contribution is 0.196. The van der Waals surface area contributed by atoms with Crippen LogP contribution in [0, 0.1) is 5.92 Å². The molecule has 0 amide bonds. The third-order valence-corrected chi connectivity index (χ3v) is 4.14. The fourth-order valence-electron chi connectivity index (χ4n) is 3.45. The summed E-state index contributed by atoms with van der Waals surface area (Å²) in [5.41, 5.74) is 0. The number of fused-ring (bicyclic) bond motifs is 2. The number of nitrogens with one attached hydrogen (secondary N) is 1. The molecule has 1 N–H and O–H groups in total. The summed E-state index contributed by atoms with van der Waals surface area (Å²) in [5, 5.41) is 3.60. The summed E-state index contributed by atoms with van der Waals surface area (Å²) in [7, 11) is 0. The van der Waals surface area contributed by atoms with Crippen molar-refractivity contribution in [2.75, 3.05) is 19.6 Å². The minimum atomic E-state index is 0.819. The van der Waals surface area contributed by atoms with Crippen molar-refractivity contribution in [1.29, 1.82) is 0 Å². The molecule has 0 aromatic rings. The lowest BCUT2D eigenvalue weighted by Crippen LogP contribution is -2.41. The molecule has 3 fully saturated rings. The van der Waals surface area contributed by atoms with Gasteiger partial charge >= 0.3 is 0 Å². The molecule has 0 radical (unpaired) electrons. The van der Waals surface area contributed by atoms with E-state index in [9.17, 15) is 0 Å². The van der Waals surface area contributed by atoms with Gasteiger partial charge in [0.1, 0.15) is 0 Å². The van der Waals surface area contributed by atoms with Crippen molar-refractivity contribution >= 4 is 0 Å². The topological polar surface area (TPSA) is 15.3 Å². The lowest BCUT2D eigenvalue weighted by atomic mass is 10.1. The molecule has 74 valence electrons. The van der Waals surface area contributed by atoms with Gasteiger partial charge in [0, 0.05) is 25.2 Å². The molecule has 3 rings (SSSR count). The van der Waals surface area contributed by atoms with Gasteiger partial charge in [-0.15, -0.1) is 0 Å². The first-order valence-corrected chi connectivity index (χ1v) is 5.89. The molecule has 0 aromatic heterocycles. The molecule has 1 saturated carbocycles. The predicted octanol–water partition coefficient (Wildman–Crippen LogP) is 1.22. The molecular weight excluding hydrogens is 160 g/mol. The largest absolute Gasteiger partial charge is 0.313 e. The molecule has 3 atom stereocenters. The molecule has 1 aliphatic carbocycles. The van der Waals surface area contributed by atoms with Gasteiger partial charge in [-0.2, -0.15) is 0 Å². The van der Waals surface area contributed by atoms with Crippen LogP contribution in [-0.2, 0) is 0 Å². The average molecular weight is 180 g/mol. The van der Waals surface area contributed by atoms with Gasteiger partial charge in [-0.25, -0.2) is 0 Å². The van der Waals surface area contributed by atoms with Crippen LogP contribution in [0.15, 0.2) is 0 Å². The normalized spacial score (nSPS) is 44.8. The van der Waals surface area contributed by atoms with Gasteiger partial charge in [-0.05, 0) is 44.6 Å². The molecule has 2 aliphatic heterocycles. The summed E-state index contributed by atoms with van der Waals surface area (Å²) >= 11 is 0. The quantitative estimate of drug-likeness (QED) is 0.687. The molecule has 13 heavy (non-hydrogen) atoms. The minimum Gasteiger partial charge on any atom is -0.313 e. The van der Waals surface area contributed by atoms with Crippen LogP contribution in [0.3, 0.4) is 0 Å².